The first kappa shape index (κ1) is 11.5. The molecule has 0 saturated heterocycles. The molecule has 0 unspecified atom stereocenters. The summed E-state index contributed by atoms with van der Waals surface area (Å²) >= 11 is 0. The summed E-state index contributed by atoms with van der Waals surface area (Å²) in [5.74, 6) is -0.720. The lowest BCUT2D eigenvalue weighted by Crippen LogP contribution is -2.32. The highest BCUT2D eigenvalue weighted by Crippen LogP contribution is 2.25. The molecule has 3 nitrogen and oxygen atoms in total. The number of Topliss-reactive ketones (excluding diaryl/α,β-unsaturated/α-hetero) is 1. The highest BCUT2D eigenvalue weighted by atomic mass is 16.2. The number of aldehydes is 2. The first-order valence-electron chi connectivity index (χ1n) is 3.84. The van der Waals surface area contributed by atoms with Gasteiger partial charge in [0.25, 0.3) is 0 Å². The average Bonchev–Trinajstić information content (AvgIpc) is 2.16. The summed E-state index contributed by atoms with van der Waals surface area (Å²) < 4.78 is 0. The van der Waals surface area contributed by atoms with Gasteiger partial charge in [-0.15, -0.1) is 13.2 Å². The van der Waals surface area contributed by atoms with Crippen LogP contribution in [0.2, 0.25) is 0 Å². The maximum atomic E-state index is 11.1. The molecular weight excluding hydrogens is 168 g/mol. The van der Waals surface area contributed by atoms with E-state index in [1.807, 2.05) is 0 Å². The molecule has 0 aromatic rings. The van der Waals surface area contributed by atoms with E-state index in [1.54, 1.807) is 0 Å². The lowest BCUT2D eigenvalue weighted by molar-refractivity contribution is -0.140. The minimum atomic E-state index is -1.27. The standard InChI is InChI=1S/C10H12O3/c1-3-5-10(8-12,6-4-2)9(13)7-11/h3-4,7-8H,1-2,5-6H2. The molecule has 0 N–H and O–H groups in total. The third-order valence-corrected chi connectivity index (χ3v) is 1.84. The van der Waals surface area contributed by atoms with E-state index in [9.17, 15) is 14.4 Å². The summed E-state index contributed by atoms with van der Waals surface area (Å²) in [5.41, 5.74) is -1.27. The van der Waals surface area contributed by atoms with Crippen LogP contribution in [-0.2, 0) is 14.4 Å². The van der Waals surface area contributed by atoms with Crippen molar-refractivity contribution in [3.8, 4) is 0 Å². The molecule has 0 rings (SSSR count). The molecule has 0 aliphatic heterocycles. The number of hydrogen-bond acceptors (Lipinski definition) is 3. The zero-order chi connectivity index (χ0) is 10.3. The predicted octanol–water partition coefficient (Wildman–Crippen LogP) is 1.09. The first-order valence-corrected chi connectivity index (χ1v) is 3.84. The number of ketones is 1. The summed E-state index contributed by atoms with van der Waals surface area (Å²) in [4.78, 5) is 32.2. The molecule has 0 saturated carbocycles. The summed E-state index contributed by atoms with van der Waals surface area (Å²) in [6.45, 7) is 6.86. The number of allylic oxidation sites excluding steroid dienone is 2. The van der Waals surface area contributed by atoms with Crippen molar-refractivity contribution >= 4 is 18.4 Å². The molecule has 0 aliphatic carbocycles. The van der Waals surface area contributed by atoms with Gasteiger partial charge in [0.2, 0.25) is 5.78 Å². The van der Waals surface area contributed by atoms with E-state index >= 15 is 0 Å². The third-order valence-electron chi connectivity index (χ3n) is 1.84. The van der Waals surface area contributed by atoms with Crippen molar-refractivity contribution in [2.24, 2.45) is 5.41 Å². The Morgan fingerprint density at radius 1 is 1.15 bits per heavy atom. The van der Waals surface area contributed by atoms with Crippen LogP contribution in [0.1, 0.15) is 12.8 Å². The molecule has 3 heteroatoms. The Balaban J connectivity index is 4.92. The van der Waals surface area contributed by atoms with E-state index in [-0.39, 0.29) is 19.1 Å². The Hall–Kier alpha value is -1.51. The van der Waals surface area contributed by atoms with Crippen LogP contribution in [0.5, 0.6) is 0 Å². The van der Waals surface area contributed by atoms with Crippen molar-refractivity contribution in [2.45, 2.75) is 12.8 Å². The van der Waals surface area contributed by atoms with Crippen molar-refractivity contribution < 1.29 is 14.4 Å². The number of carbonyl (C=O) groups excluding carboxylic acids is 3. The smallest absolute Gasteiger partial charge is 0.209 e. The monoisotopic (exact) mass is 180 g/mol. The van der Waals surface area contributed by atoms with Gasteiger partial charge in [-0.2, -0.15) is 0 Å². The molecule has 0 amide bonds. The summed E-state index contributed by atoms with van der Waals surface area (Å²) in [6, 6.07) is 0. The fourth-order valence-corrected chi connectivity index (χ4v) is 1.07. The molecule has 0 aromatic heterocycles. The van der Waals surface area contributed by atoms with Crippen molar-refractivity contribution in [1.82, 2.24) is 0 Å². The molecule has 0 spiro atoms. The van der Waals surface area contributed by atoms with Gasteiger partial charge in [0.1, 0.15) is 6.29 Å². The second-order valence-electron chi connectivity index (χ2n) is 2.74. The van der Waals surface area contributed by atoms with Gasteiger partial charge in [-0.25, -0.2) is 0 Å². The van der Waals surface area contributed by atoms with Gasteiger partial charge in [0.05, 0.1) is 5.41 Å². The molecular formula is C10H12O3. The number of rotatable bonds is 7. The molecule has 0 aliphatic rings. The molecule has 0 bridgehead atoms. The van der Waals surface area contributed by atoms with Crippen LogP contribution in [0.4, 0.5) is 0 Å². The zero-order valence-corrected chi connectivity index (χ0v) is 7.36. The zero-order valence-electron chi connectivity index (χ0n) is 7.36. The summed E-state index contributed by atoms with van der Waals surface area (Å²) in [7, 11) is 0. The Kier molecular flexibility index (Phi) is 4.59. The van der Waals surface area contributed by atoms with Gasteiger partial charge >= 0.3 is 0 Å². The second-order valence-corrected chi connectivity index (χ2v) is 2.74. The van der Waals surface area contributed by atoms with E-state index in [0.29, 0.717) is 6.29 Å². The van der Waals surface area contributed by atoms with Crippen LogP contribution in [0.25, 0.3) is 0 Å². The normalized spacial score (nSPS) is 10.2. The van der Waals surface area contributed by atoms with Crippen LogP contribution in [-0.4, -0.2) is 18.4 Å². The Morgan fingerprint density at radius 2 is 1.62 bits per heavy atom. The Bertz CT molecular complexity index is 231. The lowest BCUT2D eigenvalue weighted by Gasteiger charge is -2.20. The summed E-state index contributed by atoms with van der Waals surface area (Å²) in [5, 5.41) is 0. The van der Waals surface area contributed by atoms with Crippen molar-refractivity contribution in [3.05, 3.63) is 25.3 Å². The average molecular weight is 180 g/mol. The summed E-state index contributed by atoms with van der Waals surface area (Å²) in [6.07, 6.45) is 3.88. The molecule has 0 aromatic carbocycles. The van der Waals surface area contributed by atoms with E-state index < -0.39 is 11.2 Å². The van der Waals surface area contributed by atoms with Gasteiger partial charge in [-0.3, -0.25) is 9.59 Å². The number of hydrogen-bond donors (Lipinski definition) is 0. The first-order chi connectivity index (χ1) is 6.16. The van der Waals surface area contributed by atoms with Gasteiger partial charge < -0.3 is 4.79 Å². The lowest BCUT2D eigenvalue weighted by atomic mass is 9.79. The van der Waals surface area contributed by atoms with Crippen LogP contribution in [0, 0.1) is 5.41 Å². The van der Waals surface area contributed by atoms with Crippen LogP contribution in [0.15, 0.2) is 25.3 Å². The SMILES string of the molecule is C=CCC(C=O)(CC=C)C(=O)C=O. The molecule has 0 fully saturated rings. The minimum Gasteiger partial charge on any atom is -0.302 e. The van der Waals surface area contributed by atoms with Crippen LogP contribution in [0.3, 0.4) is 0 Å². The Labute approximate surface area is 77.1 Å². The largest absolute Gasteiger partial charge is 0.302 e. The highest BCUT2D eigenvalue weighted by molar-refractivity contribution is 6.31. The van der Waals surface area contributed by atoms with Crippen molar-refractivity contribution in [3.63, 3.8) is 0 Å². The van der Waals surface area contributed by atoms with E-state index in [0.717, 1.165) is 0 Å². The maximum absolute atomic E-state index is 11.1. The molecule has 0 heterocycles. The topological polar surface area (TPSA) is 51.2 Å². The maximum Gasteiger partial charge on any atom is 0.209 e. The fraction of sp³-hybridized carbons (Fsp3) is 0.300. The van der Waals surface area contributed by atoms with E-state index in [4.69, 9.17) is 0 Å². The van der Waals surface area contributed by atoms with Gasteiger partial charge in [0, 0.05) is 0 Å². The van der Waals surface area contributed by atoms with Crippen molar-refractivity contribution in [1.29, 1.82) is 0 Å². The number of carbonyl (C=O) groups is 3. The van der Waals surface area contributed by atoms with E-state index in [1.165, 1.54) is 12.2 Å². The molecule has 70 valence electrons. The molecule has 0 atom stereocenters. The van der Waals surface area contributed by atoms with Gasteiger partial charge in [0.15, 0.2) is 6.29 Å². The quantitative estimate of drug-likeness (QED) is 0.255. The van der Waals surface area contributed by atoms with E-state index in [2.05, 4.69) is 13.2 Å². The minimum absolute atomic E-state index is 0.167. The highest BCUT2D eigenvalue weighted by Gasteiger charge is 2.35. The fourth-order valence-electron chi connectivity index (χ4n) is 1.07. The molecule has 0 radical (unpaired) electrons. The van der Waals surface area contributed by atoms with Gasteiger partial charge in [-0.1, -0.05) is 12.2 Å². The second kappa shape index (κ2) is 5.19. The predicted molar refractivity (Wildman–Crippen MR) is 49.2 cm³/mol. The van der Waals surface area contributed by atoms with Crippen LogP contribution >= 0.6 is 0 Å². The van der Waals surface area contributed by atoms with Gasteiger partial charge in [-0.05, 0) is 12.8 Å². The molecule has 13 heavy (non-hydrogen) atoms. The Morgan fingerprint density at radius 3 is 1.85 bits per heavy atom. The van der Waals surface area contributed by atoms with Crippen LogP contribution < -0.4 is 0 Å². The van der Waals surface area contributed by atoms with Crippen molar-refractivity contribution in [2.75, 3.05) is 0 Å². The third kappa shape index (κ3) is 2.47.